The van der Waals surface area contributed by atoms with Gasteiger partial charge in [-0.2, -0.15) is 0 Å². The molecule has 1 aromatic rings. The normalized spacial score (nSPS) is 10.1. The van der Waals surface area contributed by atoms with E-state index in [9.17, 15) is 4.79 Å². The minimum Gasteiger partial charge on any atom is -0.493 e. The summed E-state index contributed by atoms with van der Waals surface area (Å²) in [5, 5.41) is 0. The lowest BCUT2D eigenvalue weighted by Crippen LogP contribution is -2.02. The van der Waals surface area contributed by atoms with Crippen LogP contribution in [-0.4, -0.2) is 12.4 Å². The van der Waals surface area contributed by atoms with Gasteiger partial charge in [0.15, 0.2) is 5.78 Å². The van der Waals surface area contributed by atoms with Crippen LogP contribution in [0, 0.1) is 13.8 Å². The Hall–Kier alpha value is -1.31. The van der Waals surface area contributed by atoms with Crippen molar-refractivity contribution in [1.29, 1.82) is 0 Å². The third-order valence-corrected chi connectivity index (χ3v) is 2.58. The van der Waals surface area contributed by atoms with Crippen molar-refractivity contribution < 1.29 is 9.53 Å². The SMILES string of the molecule is CCCOc1ccc(C(C)=O)c(C)c1C. The van der Waals surface area contributed by atoms with Gasteiger partial charge in [0, 0.05) is 5.56 Å². The maximum atomic E-state index is 11.3. The fourth-order valence-electron chi connectivity index (χ4n) is 1.55. The number of ketones is 1. The largest absolute Gasteiger partial charge is 0.493 e. The van der Waals surface area contributed by atoms with Crippen molar-refractivity contribution in [2.45, 2.75) is 34.1 Å². The molecule has 0 aromatic heterocycles. The van der Waals surface area contributed by atoms with Crippen molar-refractivity contribution in [3.63, 3.8) is 0 Å². The summed E-state index contributed by atoms with van der Waals surface area (Å²) < 4.78 is 5.59. The Labute approximate surface area is 91.3 Å². The number of hydrogen-bond donors (Lipinski definition) is 0. The number of ether oxygens (including phenoxy) is 1. The van der Waals surface area contributed by atoms with Gasteiger partial charge in [-0.25, -0.2) is 0 Å². The predicted octanol–water partition coefficient (Wildman–Crippen LogP) is 3.29. The molecule has 0 saturated carbocycles. The van der Waals surface area contributed by atoms with Crippen molar-refractivity contribution in [3.05, 3.63) is 28.8 Å². The van der Waals surface area contributed by atoms with E-state index in [-0.39, 0.29) is 5.78 Å². The van der Waals surface area contributed by atoms with Crippen molar-refractivity contribution in [3.8, 4) is 5.75 Å². The first-order chi connectivity index (χ1) is 7.07. The van der Waals surface area contributed by atoms with E-state index in [1.165, 1.54) is 0 Å². The number of carbonyl (C=O) groups is 1. The van der Waals surface area contributed by atoms with Crippen LogP contribution in [0.2, 0.25) is 0 Å². The third kappa shape index (κ3) is 2.58. The summed E-state index contributed by atoms with van der Waals surface area (Å²) >= 11 is 0. The van der Waals surface area contributed by atoms with Crippen LogP contribution in [0.4, 0.5) is 0 Å². The van der Waals surface area contributed by atoms with E-state index in [4.69, 9.17) is 4.74 Å². The smallest absolute Gasteiger partial charge is 0.160 e. The lowest BCUT2D eigenvalue weighted by Gasteiger charge is -2.12. The first-order valence-electron chi connectivity index (χ1n) is 5.31. The first-order valence-corrected chi connectivity index (χ1v) is 5.31. The lowest BCUT2D eigenvalue weighted by molar-refractivity contribution is 0.101. The van der Waals surface area contributed by atoms with Gasteiger partial charge in [0.05, 0.1) is 6.61 Å². The molecule has 0 aliphatic heterocycles. The summed E-state index contributed by atoms with van der Waals surface area (Å²) in [6.07, 6.45) is 0.993. The Morgan fingerprint density at radius 2 is 1.93 bits per heavy atom. The maximum absolute atomic E-state index is 11.3. The van der Waals surface area contributed by atoms with Crippen LogP contribution in [0.5, 0.6) is 5.75 Å². The van der Waals surface area contributed by atoms with E-state index in [0.717, 1.165) is 35.5 Å². The van der Waals surface area contributed by atoms with Gasteiger partial charge >= 0.3 is 0 Å². The molecular formula is C13H18O2. The Balaban J connectivity index is 3.04. The van der Waals surface area contributed by atoms with E-state index >= 15 is 0 Å². The van der Waals surface area contributed by atoms with Gasteiger partial charge in [-0.05, 0) is 50.5 Å². The average Bonchev–Trinajstić information content (AvgIpc) is 2.20. The molecule has 0 unspecified atom stereocenters. The first kappa shape index (κ1) is 11.8. The van der Waals surface area contributed by atoms with Crippen LogP contribution in [0.3, 0.4) is 0 Å². The molecule has 0 aliphatic rings. The highest BCUT2D eigenvalue weighted by molar-refractivity contribution is 5.96. The van der Waals surface area contributed by atoms with E-state index in [1.807, 2.05) is 26.0 Å². The summed E-state index contributed by atoms with van der Waals surface area (Å²) in [5.74, 6) is 0.997. The average molecular weight is 206 g/mol. The summed E-state index contributed by atoms with van der Waals surface area (Å²) in [7, 11) is 0. The number of Topliss-reactive ketones (excluding diaryl/α,β-unsaturated/α-hetero) is 1. The molecule has 0 amide bonds. The Morgan fingerprint density at radius 3 is 2.47 bits per heavy atom. The van der Waals surface area contributed by atoms with Gasteiger partial charge in [0.1, 0.15) is 5.75 Å². The summed E-state index contributed by atoms with van der Waals surface area (Å²) in [5.41, 5.74) is 2.88. The molecule has 1 aromatic carbocycles. The summed E-state index contributed by atoms with van der Waals surface area (Å²) in [6, 6.07) is 3.73. The zero-order valence-corrected chi connectivity index (χ0v) is 9.89. The van der Waals surface area contributed by atoms with Crippen LogP contribution in [-0.2, 0) is 0 Å². The molecule has 0 atom stereocenters. The molecule has 82 valence electrons. The Morgan fingerprint density at radius 1 is 1.27 bits per heavy atom. The fourth-order valence-corrected chi connectivity index (χ4v) is 1.55. The maximum Gasteiger partial charge on any atom is 0.160 e. The Bertz CT molecular complexity index is 367. The second kappa shape index (κ2) is 4.96. The molecule has 2 heteroatoms. The highest BCUT2D eigenvalue weighted by Gasteiger charge is 2.09. The highest BCUT2D eigenvalue weighted by Crippen LogP contribution is 2.24. The third-order valence-electron chi connectivity index (χ3n) is 2.58. The quantitative estimate of drug-likeness (QED) is 0.706. The molecule has 2 nitrogen and oxygen atoms in total. The van der Waals surface area contributed by atoms with Gasteiger partial charge in [-0.15, -0.1) is 0 Å². The number of benzene rings is 1. The molecule has 0 heterocycles. The summed E-state index contributed by atoms with van der Waals surface area (Å²) in [6.45, 7) is 8.35. The van der Waals surface area contributed by atoms with Gasteiger partial charge < -0.3 is 4.74 Å². The minimum atomic E-state index is 0.109. The van der Waals surface area contributed by atoms with Gasteiger partial charge in [0.25, 0.3) is 0 Å². The zero-order valence-electron chi connectivity index (χ0n) is 9.89. The van der Waals surface area contributed by atoms with Crippen LogP contribution < -0.4 is 4.74 Å². The summed E-state index contributed by atoms with van der Waals surface area (Å²) in [4.78, 5) is 11.3. The molecule has 0 radical (unpaired) electrons. The van der Waals surface area contributed by atoms with E-state index in [0.29, 0.717) is 0 Å². The minimum absolute atomic E-state index is 0.109. The molecule has 0 aliphatic carbocycles. The standard InChI is InChI=1S/C13H18O2/c1-5-8-15-13-7-6-12(11(4)14)9(2)10(13)3/h6-7H,5,8H2,1-4H3. The van der Waals surface area contributed by atoms with Crippen LogP contribution in [0.25, 0.3) is 0 Å². The van der Waals surface area contributed by atoms with Crippen molar-refractivity contribution in [2.75, 3.05) is 6.61 Å². The second-order valence-corrected chi connectivity index (χ2v) is 3.77. The zero-order chi connectivity index (χ0) is 11.4. The number of rotatable bonds is 4. The topological polar surface area (TPSA) is 26.3 Å². The molecule has 15 heavy (non-hydrogen) atoms. The van der Waals surface area contributed by atoms with Crippen molar-refractivity contribution in [1.82, 2.24) is 0 Å². The van der Waals surface area contributed by atoms with Crippen LogP contribution >= 0.6 is 0 Å². The van der Waals surface area contributed by atoms with Crippen LogP contribution in [0.1, 0.15) is 41.8 Å². The van der Waals surface area contributed by atoms with Gasteiger partial charge in [0.2, 0.25) is 0 Å². The Kier molecular flexibility index (Phi) is 3.89. The van der Waals surface area contributed by atoms with Crippen molar-refractivity contribution >= 4 is 5.78 Å². The monoisotopic (exact) mass is 206 g/mol. The highest BCUT2D eigenvalue weighted by atomic mass is 16.5. The van der Waals surface area contributed by atoms with Gasteiger partial charge in [-0.1, -0.05) is 6.92 Å². The van der Waals surface area contributed by atoms with E-state index < -0.39 is 0 Å². The molecule has 0 spiro atoms. The predicted molar refractivity (Wildman–Crippen MR) is 61.7 cm³/mol. The van der Waals surface area contributed by atoms with Crippen molar-refractivity contribution in [2.24, 2.45) is 0 Å². The van der Waals surface area contributed by atoms with Crippen LogP contribution in [0.15, 0.2) is 12.1 Å². The second-order valence-electron chi connectivity index (χ2n) is 3.77. The molecule has 0 saturated heterocycles. The molecule has 0 fully saturated rings. The number of hydrogen-bond acceptors (Lipinski definition) is 2. The molecule has 0 N–H and O–H groups in total. The molecule has 0 bridgehead atoms. The lowest BCUT2D eigenvalue weighted by atomic mass is 10.00. The van der Waals surface area contributed by atoms with Gasteiger partial charge in [-0.3, -0.25) is 4.79 Å². The molecular weight excluding hydrogens is 188 g/mol. The van der Waals surface area contributed by atoms with E-state index in [2.05, 4.69) is 6.92 Å². The molecule has 1 rings (SSSR count). The fraction of sp³-hybridized carbons (Fsp3) is 0.462. The number of carbonyl (C=O) groups excluding carboxylic acids is 1. The van der Waals surface area contributed by atoms with E-state index in [1.54, 1.807) is 6.92 Å².